The molecular weight excluding hydrogens is 168 g/mol. The molecule has 1 aliphatic carbocycles. The van der Waals surface area contributed by atoms with E-state index in [0.717, 1.165) is 19.0 Å². The smallest absolute Gasteiger partial charge is 0.0795 e. The maximum atomic E-state index is 4.20. The highest BCUT2D eigenvalue weighted by molar-refractivity contribution is 7.07. The van der Waals surface area contributed by atoms with Gasteiger partial charge in [-0.15, -0.1) is 11.3 Å². The Hall–Kier alpha value is -0.410. The van der Waals surface area contributed by atoms with Crippen LogP contribution in [-0.4, -0.2) is 11.5 Å². The number of rotatable bonds is 5. The predicted octanol–water partition coefficient (Wildman–Crippen LogP) is 2.03. The van der Waals surface area contributed by atoms with Crippen LogP contribution in [0.1, 0.15) is 25.0 Å². The lowest BCUT2D eigenvalue weighted by Gasteiger charge is -2.00. The second kappa shape index (κ2) is 4.01. The molecule has 0 aliphatic heterocycles. The number of nitrogens with zero attached hydrogens (tertiary/aromatic N) is 1. The largest absolute Gasteiger partial charge is 0.311 e. The van der Waals surface area contributed by atoms with Gasteiger partial charge in [0.25, 0.3) is 0 Å². The molecule has 0 spiro atoms. The van der Waals surface area contributed by atoms with Crippen molar-refractivity contribution in [1.29, 1.82) is 0 Å². The summed E-state index contributed by atoms with van der Waals surface area (Å²) in [5, 5.41) is 5.50. The Labute approximate surface area is 77.0 Å². The zero-order chi connectivity index (χ0) is 8.23. The van der Waals surface area contributed by atoms with Gasteiger partial charge in [0.05, 0.1) is 11.2 Å². The minimum atomic E-state index is 0.941. The van der Waals surface area contributed by atoms with Crippen LogP contribution in [0.4, 0.5) is 0 Å². The molecule has 0 atom stereocenters. The normalized spacial score (nSPS) is 16.7. The van der Waals surface area contributed by atoms with E-state index in [1.54, 1.807) is 11.3 Å². The second-order valence-corrected chi connectivity index (χ2v) is 4.11. The summed E-state index contributed by atoms with van der Waals surface area (Å²) in [6, 6.07) is 0. The van der Waals surface area contributed by atoms with Gasteiger partial charge in [0.1, 0.15) is 0 Å². The minimum Gasteiger partial charge on any atom is -0.311 e. The third-order valence-corrected chi connectivity index (χ3v) is 2.85. The topological polar surface area (TPSA) is 24.9 Å². The standard InChI is InChI=1S/C9H14N2S/c1-2-8(1)3-4-10-5-9-6-12-7-11-9/h6-8,10H,1-5H2. The van der Waals surface area contributed by atoms with Crippen LogP contribution < -0.4 is 5.32 Å². The molecule has 1 aromatic heterocycles. The van der Waals surface area contributed by atoms with Crippen molar-refractivity contribution >= 4 is 11.3 Å². The summed E-state index contributed by atoms with van der Waals surface area (Å²) in [7, 11) is 0. The monoisotopic (exact) mass is 182 g/mol. The molecule has 1 N–H and O–H groups in total. The zero-order valence-electron chi connectivity index (χ0n) is 7.12. The van der Waals surface area contributed by atoms with Gasteiger partial charge in [-0.05, 0) is 18.9 Å². The number of hydrogen-bond acceptors (Lipinski definition) is 3. The molecule has 2 nitrogen and oxygen atoms in total. The molecule has 0 amide bonds. The summed E-state index contributed by atoms with van der Waals surface area (Å²) in [4.78, 5) is 4.20. The molecule has 12 heavy (non-hydrogen) atoms. The minimum absolute atomic E-state index is 0.941. The third-order valence-electron chi connectivity index (χ3n) is 2.22. The van der Waals surface area contributed by atoms with Crippen molar-refractivity contribution < 1.29 is 0 Å². The molecule has 1 aromatic rings. The van der Waals surface area contributed by atoms with Gasteiger partial charge >= 0.3 is 0 Å². The zero-order valence-corrected chi connectivity index (χ0v) is 7.94. The van der Waals surface area contributed by atoms with E-state index in [1.807, 2.05) is 5.51 Å². The van der Waals surface area contributed by atoms with Gasteiger partial charge in [-0.3, -0.25) is 0 Å². The van der Waals surface area contributed by atoms with Gasteiger partial charge in [0.2, 0.25) is 0 Å². The Balaban J connectivity index is 1.56. The molecule has 0 unspecified atom stereocenters. The Morgan fingerprint density at radius 1 is 1.58 bits per heavy atom. The molecule has 1 saturated carbocycles. The molecule has 1 fully saturated rings. The van der Waals surface area contributed by atoms with Crippen molar-refractivity contribution in [2.75, 3.05) is 6.54 Å². The summed E-state index contributed by atoms with van der Waals surface area (Å²) < 4.78 is 0. The van der Waals surface area contributed by atoms with Crippen LogP contribution in [0.3, 0.4) is 0 Å². The summed E-state index contributed by atoms with van der Waals surface area (Å²) in [5.74, 6) is 1.04. The lowest BCUT2D eigenvalue weighted by molar-refractivity contribution is 0.608. The molecule has 0 bridgehead atoms. The van der Waals surface area contributed by atoms with Gasteiger partial charge in [-0.25, -0.2) is 4.98 Å². The first kappa shape index (κ1) is 8.20. The average molecular weight is 182 g/mol. The number of aromatic nitrogens is 1. The molecule has 2 rings (SSSR count). The highest BCUT2D eigenvalue weighted by Gasteiger charge is 2.19. The van der Waals surface area contributed by atoms with E-state index in [1.165, 1.54) is 25.0 Å². The first-order valence-electron chi connectivity index (χ1n) is 4.53. The van der Waals surface area contributed by atoms with Gasteiger partial charge in [0, 0.05) is 11.9 Å². The van der Waals surface area contributed by atoms with E-state index in [2.05, 4.69) is 15.7 Å². The molecule has 1 aliphatic rings. The Kier molecular flexibility index (Phi) is 2.74. The number of nitrogens with one attached hydrogen (secondary N) is 1. The Morgan fingerprint density at radius 3 is 3.17 bits per heavy atom. The summed E-state index contributed by atoms with van der Waals surface area (Å²) in [6.45, 7) is 2.10. The molecule has 66 valence electrons. The van der Waals surface area contributed by atoms with Crippen LogP contribution in [0.5, 0.6) is 0 Å². The molecule has 0 saturated heterocycles. The third kappa shape index (κ3) is 2.57. The van der Waals surface area contributed by atoms with Crippen LogP contribution in [0.2, 0.25) is 0 Å². The van der Waals surface area contributed by atoms with Crippen molar-refractivity contribution in [3.05, 3.63) is 16.6 Å². The highest BCUT2D eigenvalue weighted by Crippen LogP contribution is 2.31. The van der Waals surface area contributed by atoms with Gasteiger partial charge in [-0.1, -0.05) is 12.8 Å². The summed E-state index contributed by atoms with van der Waals surface area (Å²) in [6.07, 6.45) is 4.26. The fourth-order valence-electron chi connectivity index (χ4n) is 1.25. The van der Waals surface area contributed by atoms with E-state index in [4.69, 9.17) is 0 Å². The van der Waals surface area contributed by atoms with Crippen molar-refractivity contribution in [1.82, 2.24) is 10.3 Å². The summed E-state index contributed by atoms with van der Waals surface area (Å²) in [5.41, 5.74) is 3.06. The fraction of sp³-hybridized carbons (Fsp3) is 0.667. The van der Waals surface area contributed by atoms with Gasteiger partial charge in [0.15, 0.2) is 0 Å². The number of hydrogen-bond donors (Lipinski definition) is 1. The highest BCUT2D eigenvalue weighted by atomic mass is 32.1. The van der Waals surface area contributed by atoms with E-state index in [9.17, 15) is 0 Å². The Morgan fingerprint density at radius 2 is 2.50 bits per heavy atom. The van der Waals surface area contributed by atoms with Gasteiger partial charge < -0.3 is 5.32 Å². The van der Waals surface area contributed by atoms with E-state index >= 15 is 0 Å². The van der Waals surface area contributed by atoms with Crippen LogP contribution >= 0.6 is 11.3 Å². The quantitative estimate of drug-likeness (QED) is 0.705. The van der Waals surface area contributed by atoms with Crippen molar-refractivity contribution in [3.63, 3.8) is 0 Å². The van der Waals surface area contributed by atoms with E-state index in [0.29, 0.717) is 0 Å². The van der Waals surface area contributed by atoms with E-state index in [-0.39, 0.29) is 0 Å². The first-order valence-corrected chi connectivity index (χ1v) is 5.47. The van der Waals surface area contributed by atoms with Crippen LogP contribution in [0.15, 0.2) is 10.9 Å². The van der Waals surface area contributed by atoms with Crippen LogP contribution in [0.25, 0.3) is 0 Å². The predicted molar refractivity (Wildman–Crippen MR) is 51.2 cm³/mol. The lowest BCUT2D eigenvalue weighted by Crippen LogP contribution is -2.15. The van der Waals surface area contributed by atoms with Crippen molar-refractivity contribution in [3.8, 4) is 0 Å². The molecule has 0 aromatic carbocycles. The molecule has 0 radical (unpaired) electrons. The van der Waals surface area contributed by atoms with Crippen LogP contribution in [0, 0.1) is 5.92 Å². The van der Waals surface area contributed by atoms with E-state index < -0.39 is 0 Å². The number of thiazole rings is 1. The first-order chi connectivity index (χ1) is 5.95. The average Bonchev–Trinajstić information content (AvgIpc) is 2.76. The maximum absolute atomic E-state index is 4.20. The summed E-state index contributed by atoms with van der Waals surface area (Å²) >= 11 is 1.67. The van der Waals surface area contributed by atoms with Crippen molar-refractivity contribution in [2.24, 2.45) is 5.92 Å². The second-order valence-electron chi connectivity index (χ2n) is 3.39. The van der Waals surface area contributed by atoms with Gasteiger partial charge in [-0.2, -0.15) is 0 Å². The van der Waals surface area contributed by atoms with Crippen molar-refractivity contribution in [2.45, 2.75) is 25.8 Å². The maximum Gasteiger partial charge on any atom is 0.0795 e. The fourth-order valence-corrected chi connectivity index (χ4v) is 1.81. The molecular formula is C9H14N2S. The molecule has 3 heteroatoms. The lowest BCUT2D eigenvalue weighted by atomic mass is 10.3. The molecule has 1 heterocycles. The van der Waals surface area contributed by atoms with Crippen LogP contribution in [-0.2, 0) is 6.54 Å². The Bertz CT molecular complexity index is 216. The SMILES string of the molecule is c1nc(CNCCC2CC2)cs1.